The van der Waals surface area contributed by atoms with Crippen molar-refractivity contribution >= 4 is 5.96 Å². The second-order valence-corrected chi connectivity index (χ2v) is 7.60. The fourth-order valence-corrected chi connectivity index (χ4v) is 3.25. The topological polar surface area (TPSA) is 63.9 Å². The van der Waals surface area contributed by atoms with Crippen LogP contribution in [0, 0.1) is 0 Å². The Hall–Kier alpha value is -2.38. The van der Waals surface area contributed by atoms with Gasteiger partial charge in [0.15, 0.2) is 5.96 Å². The Labute approximate surface area is 173 Å². The number of aromatic nitrogens is 2. The quantitative estimate of drug-likeness (QED) is 0.573. The molecule has 2 aromatic rings. The number of benzene rings is 1. The molecule has 0 radical (unpaired) electrons. The zero-order chi connectivity index (χ0) is 20.6. The summed E-state index contributed by atoms with van der Waals surface area (Å²) in [5.74, 6) is 0.928. The third kappa shape index (κ3) is 6.30. The van der Waals surface area contributed by atoms with E-state index in [0.717, 1.165) is 31.2 Å². The molecule has 0 amide bonds. The van der Waals surface area contributed by atoms with Gasteiger partial charge in [0.25, 0.3) is 0 Å². The molecular weight excluding hydrogens is 366 g/mol. The number of ether oxygens (including phenoxy) is 2. The highest BCUT2D eigenvalue weighted by molar-refractivity contribution is 5.80. The summed E-state index contributed by atoms with van der Waals surface area (Å²) in [5.41, 5.74) is 3.48. The van der Waals surface area contributed by atoms with Gasteiger partial charge >= 0.3 is 0 Å². The minimum atomic E-state index is 0.0153. The molecule has 0 bridgehead atoms. The Kier molecular flexibility index (Phi) is 7.66. The first-order valence-corrected chi connectivity index (χ1v) is 10.4. The van der Waals surface area contributed by atoms with E-state index < -0.39 is 0 Å². The number of aryl methyl sites for hydroxylation is 1. The van der Waals surface area contributed by atoms with E-state index in [1.54, 1.807) is 0 Å². The van der Waals surface area contributed by atoms with Crippen LogP contribution in [-0.4, -0.2) is 53.0 Å². The number of guanidine groups is 1. The van der Waals surface area contributed by atoms with Gasteiger partial charge < -0.3 is 19.7 Å². The average molecular weight is 400 g/mol. The maximum Gasteiger partial charge on any atom is 0.194 e. The van der Waals surface area contributed by atoms with Crippen LogP contribution in [0.25, 0.3) is 0 Å². The number of hydrogen-bond acceptors (Lipinski definition) is 4. The van der Waals surface area contributed by atoms with E-state index >= 15 is 0 Å². The molecule has 0 saturated carbocycles. The number of rotatable bonds is 7. The van der Waals surface area contributed by atoms with Crippen LogP contribution in [0.4, 0.5) is 0 Å². The lowest BCUT2D eigenvalue weighted by molar-refractivity contribution is -0.00805. The summed E-state index contributed by atoms with van der Waals surface area (Å²) in [6.07, 6.45) is 4.15. The normalized spacial score (nSPS) is 17.8. The third-order valence-electron chi connectivity index (χ3n) is 4.82. The summed E-state index contributed by atoms with van der Waals surface area (Å²) in [6.45, 7) is 10.6. The Bertz CT molecular complexity index is 785. The van der Waals surface area contributed by atoms with Crippen LogP contribution in [0.1, 0.15) is 43.6 Å². The molecule has 2 heterocycles. The first-order chi connectivity index (χ1) is 14.0. The molecule has 1 saturated heterocycles. The van der Waals surface area contributed by atoms with Gasteiger partial charge in [0.05, 0.1) is 38.6 Å². The third-order valence-corrected chi connectivity index (χ3v) is 4.82. The van der Waals surface area contributed by atoms with E-state index in [1.165, 1.54) is 11.1 Å². The number of aliphatic imine (C=N–C) groups is 1. The van der Waals surface area contributed by atoms with Crippen LogP contribution >= 0.6 is 0 Å². The predicted octanol–water partition coefficient (Wildman–Crippen LogP) is 2.88. The highest BCUT2D eigenvalue weighted by Gasteiger charge is 2.25. The Morgan fingerprint density at radius 1 is 1.31 bits per heavy atom. The first-order valence-electron chi connectivity index (χ1n) is 10.4. The molecular formula is C22H33N5O2. The Balaban J connectivity index is 1.63. The molecule has 1 aliphatic rings. The molecule has 1 atom stereocenters. The molecule has 158 valence electrons. The van der Waals surface area contributed by atoms with Crippen molar-refractivity contribution in [1.29, 1.82) is 0 Å². The molecule has 1 unspecified atom stereocenters. The minimum absolute atomic E-state index is 0.0153. The van der Waals surface area contributed by atoms with Gasteiger partial charge in [0.2, 0.25) is 0 Å². The van der Waals surface area contributed by atoms with E-state index in [0.29, 0.717) is 19.8 Å². The molecule has 0 aliphatic carbocycles. The van der Waals surface area contributed by atoms with E-state index in [4.69, 9.17) is 14.5 Å². The maximum absolute atomic E-state index is 5.96. The minimum Gasteiger partial charge on any atom is -0.374 e. The van der Waals surface area contributed by atoms with Gasteiger partial charge in [0.1, 0.15) is 6.10 Å². The summed E-state index contributed by atoms with van der Waals surface area (Å²) in [6, 6.07) is 8.49. The van der Waals surface area contributed by atoms with Crippen molar-refractivity contribution in [3.8, 4) is 0 Å². The van der Waals surface area contributed by atoms with Crippen LogP contribution in [0.15, 0.2) is 41.7 Å². The number of nitrogens with zero attached hydrogens (tertiary/aromatic N) is 4. The van der Waals surface area contributed by atoms with E-state index in [2.05, 4.69) is 60.4 Å². The fraction of sp³-hybridized carbons (Fsp3) is 0.545. The molecule has 7 nitrogen and oxygen atoms in total. The molecule has 1 aromatic heterocycles. The zero-order valence-corrected chi connectivity index (χ0v) is 18.0. The molecule has 1 aliphatic heterocycles. The molecule has 7 heteroatoms. The van der Waals surface area contributed by atoms with Crippen LogP contribution in [-0.2, 0) is 29.7 Å². The highest BCUT2D eigenvalue weighted by atomic mass is 16.5. The van der Waals surface area contributed by atoms with Crippen molar-refractivity contribution < 1.29 is 9.47 Å². The summed E-state index contributed by atoms with van der Waals surface area (Å²) in [4.78, 5) is 7.14. The lowest BCUT2D eigenvalue weighted by Crippen LogP contribution is -2.48. The fourth-order valence-electron chi connectivity index (χ4n) is 3.25. The van der Waals surface area contributed by atoms with Crippen molar-refractivity contribution in [1.82, 2.24) is 20.0 Å². The lowest BCUT2D eigenvalue weighted by Gasteiger charge is -2.34. The Morgan fingerprint density at radius 3 is 2.72 bits per heavy atom. The lowest BCUT2D eigenvalue weighted by atomic mass is 10.1. The number of morpholine rings is 1. The van der Waals surface area contributed by atoms with Gasteiger partial charge in [-0.15, -0.1) is 0 Å². The molecule has 3 rings (SSSR count). The molecule has 1 fully saturated rings. The van der Waals surface area contributed by atoms with Crippen molar-refractivity contribution in [3.63, 3.8) is 0 Å². The van der Waals surface area contributed by atoms with Gasteiger partial charge in [-0.3, -0.25) is 4.68 Å². The van der Waals surface area contributed by atoms with E-state index in [-0.39, 0.29) is 12.2 Å². The second-order valence-electron chi connectivity index (χ2n) is 7.60. The maximum atomic E-state index is 5.96. The monoisotopic (exact) mass is 399 g/mol. The van der Waals surface area contributed by atoms with Crippen molar-refractivity contribution in [2.45, 2.75) is 46.1 Å². The van der Waals surface area contributed by atoms with Gasteiger partial charge in [-0.1, -0.05) is 24.3 Å². The van der Waals surface area contributed by atoms with Crippen LogP contribution in [0.2, 0.25) is 0 Å². The van der Waals surface area contributed by atoms with E-state index in [9.17, 15) is 0 Å². The second kappa shape index (κ2) is 10.4. The number of hydrogen-bond donors (Lipinski definition) is 1. The largest absolute Gasteiger partial charge is 0.374 e. The van der Waals surface area contributed by atoms with Gasteiger partial charge in [0, 0.05) is 31.9 Å². The van der Waals surface area contributed by atoms with Gasteiger partial charge in [-0.05, 0) is 31.9 Å². The standard InChI is InChI=1S/C22H33N5O2/c1-5-23-22(24-12-18-6-8-19(9-7-18)16-29-17(2)3)27-10-11-28-21(15-27)20-13-25-26(4)14-20/h6-9,13-14,17,21H,5,10-12,15-16H2,1-4H3,(H,23,24). The summed E-state index contributed by atoms with van der Waals surface area (Å²) in [5, 5.41) is 7.69. The molecule has 29 heavy (non-hydrogen) atoms. The van der Waals surface area contributed by atoms with E-state index in [1.807, 2.05) is 24.1 Å². The smallest absolute Gasteiger partial charge is 0.194 e. The molecule has 1 N–H and O–H groups in total. The SMILES string of the molecule is CCNC(=NCc1ccc(COC(C)C)cc1)N1CCOC(c2cnn(C)c2)C1. The van der Waals surface area contributed by atoms with Crippen LogP contribution < -0.4 is 5.32 Å². The van der Waals surface area contributed by atoms with Crippen LogP contribution in [0.5, 0.6) is 0 Å². The van der Waals surface area contributed by atoms with Gasteiger partial charge in [-0.2, -0.15) is 5.10 Å². The predicted molar refractivity (Wildman–Crippen MR) is 115 cm³/mol. The van der Waals surface area contributed by atoms with Crippen molar-refractivity contribution in [2.75, 3.05) is 26.2 Å². The number of nitrogens with one attached hydrogen (secondary N) is 1. The van der Waals surface area contributed by atoms with Gasteiger partial charge in [-0.25, -0.2) is 4.99 Å². The first kappa shape index (κ1) is 21.3. The summed E-state index contributed by atoms with van der Waals surface area (Å²) < 4.78 is 13.4. The summed E-state index contributed by atoms with van der Waals surface area (Å²) in [7, 11) is 1.93. The van der Waals surface area contributed by atoms with Crippen molar-refractivity contribution in [2.24, 2.45) is 12.0 Å². The van der Waals surface area contributed by atoms with Crippen molar-refractivity contribution in [3.05, 3.63) is 53.3 Å². The average Bonchev–Trinajstić information content (AvgIpc) is 3.17. The molecule has 1 aromatic carbocycles. The Morgan fingerprint density at radius 2 is 2.07 bits per heavy atom. The molecule has 0 spiro atoms. The van der Waals surface area contributed by atoms with Crippen LogP contribution in [0.3, 0.4) is 0 Å². The highest BCUT2D eigenvalue weighted by Crippen LogP contribution is 2.21. The zero-order valence-electron chi connectivity index (χ0n) is 18.0. The summed E-state index contributed by atoms with van der Waals surface area (Å²) >= 11 is 0.